The highest BCUT2D eigenvalue weighted by Gasteiger charge is 2.28. The van der Waals surface area contributed by atoms with Gasteiger partial charge in [0.1, 0.15) is 11.5 Å². The summed E-state index contributed by atoms with van der Waals surface area (Å²) in [7, 11) is 0. The van der Waals surface area contributed by atoms with Crippen LogP contribution in [0.5, 0.6) is 0 Å². The number of carbonyl (C=O) groups excluding carboxylic acids is 2. The normalized spacial score (nSPS) is 18.0. The lowest BCUT2D eigenvalue weighted by Gasteiger charge is -2.32. The molecule has 1 aromatic heterocycles. The summed E-state index contributed by atoms with van der Waals surface area (Å²) >= 11 is 5.90. The molecule has 172 valence electrons. The third-order valence-corrected chi connectivity index (χ3v) is 6.22. The summed E-state index contributed by atoms with van der Waals surface area (Å²) in [5.41, 5.74) is 1.88. The fraction of sp³-hybridized carbons (Fsp3) is 0.480. The van der Waals surface area contributed by atoms with Crippen molar-refractivity contribution in [1.29, 1.82) is 0 Å². The Morgan fingerprint density at radius 2 is 2.00 bits per heavy atom. The highest BCUT2D eigenvalue weighted by atomic mass is 35.5. The minimum absolute atomic E-state index is 0.0137. The maximum Gasteiger partial charge on any atom is 0.246 e. The van der Waals surface area contributed by atoms with Crippen LogP contribution in [0.1, 0.15) is 61.5 Å². The van der Waals surface area contributed by atoms with Crippen LogP contribution in [0, 0.1) is 0 Å². The molecule has 0 radical (unpaired) electrons. The summed E-state index contributed by atoms with van der Waals surface area (Å²) < 4.78 is 1.95. The molecule has 6 nitrogen and oxygen atoms in total. The molecule has 32 heavy (non-hydrogen) atoms. The van der Waals surface area contributed by atoms with E-state index in [2.05, 4.69) is 22.9 Å². The Morgan fingerprint density at radius 3 is 2.62 bits per heavy atom. The molecule has 3 heterocycles. The van der Waals surface area contributed by atoms with Crippen molar-refractivity contribution in [2.24, 2.45) is 0 Å². The third-order valence-electron chi connectivity index (χ3n) is 5.85. The number of rotatable bonds is 6. The monoisotopic (exact) mass is 456 g/mol. The summed E-state index contributed by atoms with van der Waals surface area (Å²) in [6.07, 6.45) is 8.71. The van der Waals surface area contributed by atoms with Crippen molar-refractivity contribution in [2.45, 2.75) is 52.6 Å². The minimum atomic E-state index is 0.0137. The van der Waals surface area contributed by atoms with Crippen molar-refractivity contribution in [2.75, 3.05) is 26.2 Å². The van der Waals surface area contributed by atoms with Crippen LogP contribution in [0.25, 0.3) is 0 Å². The van der Waals surface area contributed by atoms with Crippen LogP contribution >= 0.6 is 11.6 Å². The predicted octanol–water partition coefficient (Wildman–Crippen LogP) is 4.54. The van der Waals surface area contributed by atoms with E-state index in [1.54, 1.807) is 24.1 Å². The third kappa shape index (κ3) is 6.08. The van der Waals surface area contributed by atoms with Gasteiger partial charge in [0.25, 0.3) is 0 Å². The number of hydrogen-bond donors (Lipinski definition) is 0. The number of aromatic nitrogens is 2. The van der Waals surface area contributed by atoms with Crippen molar-refractivity contribution in [3.05, 3.63) is 64.7 Å². The van der Waals surface area contributed by atoms with E-state index in [0.717, 1.165) is 43.3 Å². The molecule has 1 saturated heterocycles. The number of fused-ring (bicyclic) bond motifs is 1. The highest BCUT2D eigenvalue weighted by Crippen LogP contribution is 2.23. The lowest BCUT2D eigenvalue weighted by atomic mass is 10.1. The predicted molar refractivity (Wildman–Crippen MR) is 128 cm³/mol. The van der Waals surface area contributed by atoms with Crippen LogP contribution in [0.3, 0.4) is 0 Å². The summed E-state index contributed by atoms with van der Waals surface area (Å²) in [6, 6.07) is 8.06. The fourth-order valence-electron chi connectivity index (χ4n) is 4.01. The zero-order chi connectivity index (χ0) is 23.1. The number of nitrogens with zero attached hydrogens (tertiary/aromatic N) is 4. The van der Waals surface area contributed by atoms with E-state index in [9.17, 15) is 9.59 Å². The number of carbonyl (C=O) groups is 2. The second kappa shape index (κ2) is 11.4. The first-order valence-electron chi connectivity index (χ1n) is 11.4. The fourth-order valence-corrected chi connectivity index (χ4v) is 4.25. The van der Waals surface area contributed by atoms with Gasteiger partial charge in [-0.15, -0.1) is 0 Å². The van der Waals surface area contributed by atoms with Crippen LogP contribution in [0.15, 0.2) is 42.6 Å². The van der Waals surface area contributed by atoms with Crippen LogP contribution in [-0.4, -0.2) is 57.2 Å². The lowest BCUT2D eigenvalue weighted by Crippen LogP contribution is -2.40. The number of likely N-dealkylation sites (tertiary alicyclic amines) is 1. The summed E-state index contributed by atoms with van der Waals surface area (Å²) in [5.74, 6) is 0.819. The van der Waals surface area contributed by atoms with Gasteiger partial charge in [-0.1, -0.05) is 49.2 Å². The molecule has 2 aromatic rings. The van der Waals surface area contributed by atoms with Gasteiger partial charge >= 0.3 is 0 Å². The largest absolute Gasteiger partial charge is 0.330 e. The smallest absolute Gasteiger partial charge is 0.246 e. The van der Waals surface area contributed by atoms with Gasteiger partial charge in [-0.3, -0.25) is 14.5 Å². The van der Waals surface area contributed by atoms with Crippen molar-refractivity contribution >= 4 is 23.3 Å². The van der Waals surface area contributed by atoms with E-state index in [4.69, 9.17) is 11.6 Å². The van der Waals surface area contributed by atoms with Crippen LogP contribution in [0.4, 0.5) is 0 Å². The van der Waals surface area contributed by atoms with Crippen LogP contribution in [0.2, 0.25) is 5.02 Å². The molecule has 1 amide bonds. The zero-order valence-corrected chi connectivity index (χ0v) is 20.0. The second-order valence-corrected chi connectivity index (χ2v) is 8.86. The maximum absolute atomic E-state index is 12.3. The number of benzene rings is 1. The molecular formula is C25H33ClN4O2. The number of halogens is 1. The Hall–Kier alpha value is -2.44. The molecule has 4 rings (SSSR count). The Bertz CT molecular complexity index is 965. The van der Waals surface area contributed by atoms with E-state index in [0.29, 0.717) is 18.8 Å². The molecule has 0 saturated carbocycles. The first kappa shape index (κ1) is 24.2. The Balaban J connectivity index is 0.000000243. The molecule has 1 fully saturated rings. The second-order valence-electron chi connectivity index (χ2n) is 8.45. The molecule has 0 spiro atoms. The topological polar surface area (TPSA) is 58.4 Å². The van der Waals surface area contributed by atoms with Crippen LogP contribution < -0.4 is 0 Å². The van der Waals surface area contributed by atoms with Gasteiger partial charge in [0.15, 0.2) is 5.78 Å². The average molecular weight is 457 g/mol. The molecule has 2 aliphatic heterocycles. The molecule has 0 N–H and O–H groups in total. The standard InChI is InChI=1S/C16H22N4O2.C9H11Cl/c1-12-10-19(16(22)5-3-6-18-7-4-8-18)11-15-17-9-14(13(2)21)20(12)15;1-2-5-8-6-3-4-7-9(8)10/h3,5,9,12H,4,6-8,10-11H2,1-2H3;3-4,6-7H,2,5H2,1H3/b5-3+;. The van der Waals surface area contributed by atoms with Crippen molar-refractivity contribution < 1.29 is 9.59 Å². The van der Waals surface area contributed by atoms with E-state index in [1.807, 2.05) is 35.8 Å². The summed E-state index contributed by atoms with van der Waals surface area (Å²) in [5, 5.41) is 0.893. The Morgan fingerprint density at radius 1 is 1.25 bits per heavy atom. The van der Waals surface area contributed by atoms with E-state index >= 15 is 0 Å². The number of aryl methyl sites for hydroxylation is 1. The molecule has 7 heteroatoms. The van der Waals surface area contributed by atoms with E-state index < -0.39 is 0 Å². The van der Waals surface area contributed by atoms with Gasteiger partial charge in [-0.2, -0.15) is 0 Å². The first-order valence-corrected chi connectivity index (χ1v) is 11.8. The Kier molecular flexibility index (Phi) is 8.65. The Labute approximate surface area is 195 Å². The van der Waals surface area contributed by atoms with Gasteiger partial charge in [0, 0.05) is 31.1 Å². The highest BCUT2D eigenvalue weighted by molar-refractivity contribution is 6.31. The molecule has 2 aliphatic rings. The summed E-state index contributed by atoms with van der Waals surface area (Å²) in [4.78, 5) is 32.3. The van der Waals surface area contributed by atoms with Gasteiger partial charge in [0.2, 0.25) is 5.91 Å². The SMILES string of the molecule is CC(=O)c1cnc2n1C(C)CN(C(=O)/C=C/CN1CCC1)C2.CCCc1ccccc1Cl. The molecule has 0 aliphatic carbocycles. The molecular weight excluding hydrogens is 424 g/mol. The molecule has 1 atom stereocenters. The van der Waals surface area contributed by atoms with E-state index in [-0.39, 0.29) is 17.7 Å². The van der Waals surface area contributed by atoms with Crippen molar-refractivity contribution in [1.82, 2.24) is 19.4 Å². The van der Waals surface area contributed by atoms with Crippen LogP contribution in [-0.2, 0) is 17.8 Å². The lowest BCUT2D eigenvalue weighted by molar-refractivity contribution is -0.128. The van der Waals surface area contributed by atoms with Gasteiger partial charge in [-0.05, 0) is 44.5 Å². The van der Waals surface area contributed by atoms with Gasteiger partial charge < -0.3 is 9.47 Å². The van der Waals surface area contributed by atoms with Gasteiger partial charge in [0.05, 0.1) is 18.8 Å². The first-order chi connectivity index (χ1) is 15.4. The summed E-state index contributed by atoms with van der Waals surface area (Å²) in [6.45, 7) is 9.89. The average Bonchev–Trinajstić information content (AvgIpc) is 3.17. The number of ketones is 1. The quantitative estimate of drug-likeness (QED) is 0.473. The van der Waals surface area contributed by atoms with Crippen molar-refractivity contribution in [3.63, 3.8) is 0 Å². The number of Topliss-reactive ketones (excluding diaryl/α,β-unsaturated/α-hetero) is 1. The number of imidazole rings is 1. The number of amides is 1. The minimum Gasteiger partial charge on any atom is -0.330 e. The molecule has 1 aromatic carbocycles. The van der Waals surface area contributed by atoms with Gasteiger partial charge in [-0.25, -0.2) is 4.98 Å². The van der Waals surface area contributed by atoms with Crippen molar-refractivity contribution in [3.8, 4) is 0 Å². The molecule has 1 unspecified atom stereocenters. The molecule has 0 bridgehead atoms. The zero-order valence-electron chi connectivity index (χ0n) is 19.3. The number of hydrogen-bond acceptors (Lipinski definition) is 4. The van der Waals surface area contributed by atoms with E-state index in [1.165, 1.54) is 12.0 Å². The maximum atomic E-state index is 12.3.